The summed E-state index contributed by atoms with van der Waals surface area (Å²) in [6, 6.07) is -0.846. The summed E-state index contributed by atoms with van der Waals surface area (Å²) < 4.78 is 10.1. The first-order valence-electron chi connectivity index (χ1n) is 5.81. The molecule has 0 radical (unpaired) electrons. The van der Waals surface area contributed by atoms with E-state index in [0.29, 0.717) is 6.54 Å². The first-order chi connectivity index (χ1) is 8.06. The maximum absolute atomic E-state index is 12.3. The molecule has 0 aromatic heterocycles. The highest BCUT2D eigenvalue weighted by atomic mass is 16.5. The predicted octanol–water partition coefficient (Wildman–Crippen LogP) is -0.659. The molecule has 2 aliphatic heterocycles. The number of methoxy groups -OCH3 is 1. The Bertz CT molecular complexity index is 331. The zero-order valence-corrected chi connectivity index (χ0v) is 10.3. The van der Waals surface area contributed by atoms with Gasteiger partial charge in [0.25, 0.3) is 0 Å². The van der Waals surface area contributed by atoms with Gasteiger partial charge in [0.2, 0.25) is 5.91 Å². The Morgan fingerprint density at radius 1 is 1.59 bits per heavy atom. The monoisotopic (exact) mass is 242 g/mol. The fourth-order valence-corrected chi connectivity index (χ4v) is 2.33. The predicted molar refractivity (Wildman–Crippen MR) is 59.0 cm³/mol. The average molecular weight is 242 g/mol. The van der Waals surface area contributed by atoms with Gasteiger partial charge < -0.3 is 14.8 Å². The minimum atomic E-state index is -0.596. The summed E-state index contributed by atoms with van der Waals surface area (Å²) in [5.41, 5.74) is 0. The lowest BCUT2D eigenvalue weighted by molar-refractivity contribution is -0.156. The molecule has 1 amide bonds. The number of hydrogen-bond donors (Lipinski definition) is 1. The van der Waals surface area contributed by atoms with Gasteiger partial charge in [-0.2, -0.15) is 0 Å². The molecule has 0 unspecified atom stereocenters. The van der Waals surface area contributed by atoms with Gasteiger partial charge in [-0.15, -0.1) is 0 Å². The van der Waals surface area contributed by atoms with Crippen molar-refractivity contribution in [3.8, 4) is 0 Å². The largest absolute Gasteiger partial charge is 0.467 e. The van der Waals surface area contributed by atoms with Gasteiger partial charge in [-0.3, -0.25) is 9.69 Å². The summed E-state index contributed by atoms with van der Waals surface area (Å²) in [5.74, 6) is -0.309. The molecule has 2 rings (SSSR count). The number of nitrogens with one attached hydrogen (secondary N) is 1. The maximum Gasteiger partial charge on any atom is 0.331 e. The molecule has 0 aromatic carbocycles. The van der Waals surface area contributed by atoms with Crippen LogP contribution >= 0.6 is 0 Å². The zero-order valence-electron chi connectivity index (χ0n) is 10.3. The summed E-state index contributed by atoms with van der Waals surface area (Å²) in [7, 11) is 1.32. The highest BCUT2D eigenvalue weighted by Gasteiger charge is 2.47. The van der Waals surface area contributed by atoms with Crippen LogP contribution in [0.25, 0.3) is 0 Å². The van der Waals surface area contributed by atoms with Crippen molar-refractivity contribution < 1.29 is 19.1 Å². The number of ether oxygens (including phenoxy) is 2. The Labute approximate surface area is 100 Å². The van der Waals surface area contributed by atoms with E-state index >= 15 is 0 Å². The molecule has 0 aliphatic carbocycles. The van der Waals surface area contributed by atoms with Crippen molar-refractivity contribution in [1.29, 1.82) is 0 Å². The van der Waals surface area contributed by atoms with Crippen molar-refractivity contribution in [3.63, 3.8) is 0 Å². The average Bonchev–Trinajstić information content (AvgIpc) is 2.72. The lowest BCUT2D eigenvalue weighted by Crippen LogP contribution is -2.62. The third kappa shape index (κ3) is 2.02. The van der Waals surface area contributed by atoms with E-state index in [1.54, 1.807) is 0 Å². The number of piperazine rings is 1. The number of esters is 1. The smallest absolute Gasteiger partial charge is 0.331 e. The number of carbonyl (C=O) groups is 2. The molecular weight excluding hydrogens is 224 g/mol. The maximum atomic E-state index is 12.3. The van der Waals surface area contributed by atoms with E-state index in [2.05, 4.69) is 5.32 Å². The van der Waals surface area contributed by atoms with Crippen LogP contribution in [0.1, 0.15) is 13.8 Å². The number of fused-ring (bicyclic) bond motifs is 1. The topological polar surface area (TPSA) is 67.9 Å². The Kier molecular flexibility index (Phi) is 3.35. The molecular formula is C11H18N2O4. The highest BCUT2D eigenvalue weighted by Crippen LogP contribution is 2.24. The minimum absolute atomic E-state index is 0.0795. The van der Waals surface area contributed by atoms with Crippen molar-refractivity contribution >= 4 is 11.9 Å². The summed E-state index contributed by atoms with van der Waals surface area (Å²) in [5, 5.41) is 3.15. The molecule has 2 heterocycles. The van der Waals surface area contributed by atoms with Crippen molar-refractivity contribution in [2.24, 2.45) is 5.92 Å². The molecule has 0 aromatic rings. The molecule has 0 spiro atoms. The van der Waals surface area contributed by atoms with E-state index in [1.165, 1.54) is 12.0 Å². The second kappa shape index (κ2) is 4.62. The number of hydrogen-bond acceptors (Lipinski definition) is 5. The van der Waals surface area contributed by atoms with E-state index in [-0.39, 0.29) is 30.7 Å². The van der Waals surface area contributed by atoms with Gasteiger partial charge in [-0.1, -0.05) is 13.8 Å². The number of amides is 1. The van der Waals surface area contributed by atoms with Crippen LogP contribution in [0.15, 0.2) is 0 Å². The van der Waals surface area contributed by atoms with E-state index in [1.807, 2.05) is 13.8 Å². The Balaban J connectivity index is 2.17. The van der Waals surface area contributed by atoms with Crippen molar-refractivity contribution in [3.05, 3.63) is 0 Å². The first-order valence-corrected chi connectivity index (χ1v) is 5.81. The molecule has 2 saturated heterocycles. The number of rotatable bonds is 2. The van der Waals surface area contributed by atoms with Crippen LogP contribution in [0.2, 0.25) is 0 Å². The van der Waals surface area contributed by atoms with Crippen LogP contribution in [0.5, 0.6) is 0 Å². The molecule has 2 fully saturated rings. The van der Waals surface area contributed by atoms with E-state index in [9.17, 15) is 9.59 Å². The molecule has 2 aliphatic rings. The zero-order chi connectivity index (χ0) is 12.6. The molecule has 96 valence electrons. The molecule has 6 nitrogen and oxygen atoms in total. The molecule has 6 heteroatoms. The second-order valence-corrected chi connectivity index (χ2v) is 4.70. The quantitative estimate of drug-likeness (QED) is 0.651. The van der Waals surface area contributed by atoms with Crippen LogP contribution in [0.4, 0.5) is 0 Å². The van der Waals surface area contributed by atoms with Crippen LogP contribution < -0.4 is 5.32 Å². The third-order valence-electron chi connectivity index (χ3n) is 3.27. The van der Waals surface area contributed by atoms with E-state index in [4.69, 9.17) is 9.47 Å². The fourth-order valence-electron chi connectivity index (χ4n) is 2.33. The van der Waals surface area contributed by atoms with Crippen molar-refractivity contribution in [1.82, 2.24) is 10.2 Å². The fraction of sp³-hybridized carbons (Fsp3) is 0.818. The van der Waals surface area contributed by atoms with E-state index in [0.717, 1.165) is 0 Å². The lowest BCUT2D eigenvalue weighted by atomic mass is 10.00. The Hall–Kier alpha value is -1.14. The number of nitrogens with zero attached hydrogens (tertiary/aromatic N) is 1. The number of carbonyl (C=O) groups excluding carboxylic acids is 2. The summed E-state index contributed by atoms with van der Waals surface area (Å²) >= 11 is 0. The van der Waals surface area contributed by atoms with E-state index < -0.39 is 12.0 Å². The van der Waals surface area contributed by atoms with Gasteiger partial charge in [0, 0.05) is 6.54 Å². The van der Waals surface area contributed by atoms with Gasteiger partial charge in [0.05, 0.1) is 19.8 Å². The van der Waals surface area contributed by atoms with Crippen molar-refractivity contribution in [2.75, 3.05) is 20.3 Å². The van der Waals surface area contributed by atoms with Crippen LogP contribution in [0.3, 0.4) is 0 Å². The standard InChI is InChI=1S/C11H18N2O4/c1-6(2)9-10(14)13-7(11(15)16-3)5-17-8(13)4-12-9/h6-9,12H,4-5H2,1-3H3/t7-,8+,9+/m1/s1. The summed E-state index contributed by atoms with van der Waals surface area (Å²) in [4.78, 5) is 25.4. The van der Waals surface area contributed by atoms with Gasteiger partial charge in [-0.05, 0) is 5.92 Å². The highest BCUT2D eigenvalue weighted by molar-refractivity contribution is 5.89. The Morgan fingerprint density at radius 2 is 2.29 bits per heavy atom. The minimum Gasteiger partial charge on any atom is -0.467 e. The van der Waals surface area contributed by atoms with Crippen LogP contribution in [-0.4, -0.2) is 55.3 Å². The first kappa shape index (κ1) is 12.3. The molecule has 0 bridgehead atoms. The van der Waals surface area contributed by atoms with Gasteiger partial charge in [0.1, 0.15) is 6.23 Å². The molecule has 0 saturated carbocycles. The second-order valence-electron chi connectivity index (χ2n) is 4.70. The van der Waals surface area contributed by atoms with Gasteiger partial charge in [-0.25, -0.2) is 4.79 Å². The lowest BCUT2D eigenvalue weighted by Gasteiger charge is -2.37. The van der Waals surface area contributed by atoms with Gasteiger partial charge in [0.15, 0.2) is 6.04 Å². The molecule has 1 N–H and O–H groups in total. The normalized spacial score (nSPS) is 32.8. The SMILES string of the molecule is COC(=O)[C@H]1CO[C@H]2CN[C@@H](C(C)C)C(=O)N21. The molecule has 17 heavy (non-hydrogen) atoms. The molecule has 3 atom stereocenters. The van der Waals surface area contributed by atoms with Crippen molar-refractivity contribution in [2.45, 2.75) is 32.2 Å². The van der Waals surface area contributed by atoms with Gasteiger partial charge >= 0.3 is 5.97 Å². The Morgan fingerprint density at radius 3 is 2.88 bits per heavy atom. The third-order valence-corrected chi connectivity index (χ3v) is 3.27. The summed E-state index contributed by atoms with van der Waals surface area (Å²) in [6.45, 7) is 4.72. The van der Waals surface area contributed by atoms with Crippen LogP contribution in [0, 0.1) is 5.92 Å². The van der Waals surface area contributed by atoms with Crippen LogP contribution in [-0.2, 0) is 19.1 Å². The summed E-state index contributed by atoms with van der Waals surface area (Å²) in [6.07, 6.45) is -0.346.